The lowest BCUT2D eigenvalue weighted by Crippen LogP contribution is -2.61. The lowest BCUT2D eigenvalue weighted by molar-refractivity contribution is 0.332. The van der Waals surface area contributed by atoms with Gasteiger partial charge in [-0.15, -0.1) is 0 Å². The van der Waals surface area contributed by atoms with E-state index < -0.39 is 0 Å². The largest absolute Gasteiger partial charge is 0.468 e. The molecule has 2 aliphatic heterocycles. The minimum atomic E-state index is -0.260. The van der Waals surface area contributed by atoms with Crippen molar-refractivity contribution in [3.05, 3.63) is 185 Å². The summed E-state index contributed by atoms with van der Waals surface area (Å²) >= 11 is 0. The van der Waals surface area contributed by atoms with Gasteiger partial charge in [-0.2, -0.15) is 0 Å². The van der Waals surface area contributed by atoms with Crippen LogP contribution in [0.4, 0.5) is 34.1 Å². The molecule has 0 radical (unpaired) electrons. The molecular weight excluding hydrogens is 824 g/mol. The van der Waals surface area contributed by atoms with Crippen LogP contribution in [-0.2, 0) is 27.1 Å². The second-order valence-corrected chi connectivity index (χ2v) is 24.2. The van der Waals surface area contributed by atoms with Gasteiger partial charge in [0.15, 0.2) is 0 Å². The van der Waals surface area contributed by atoms with Crippen LogP contribution in [0.3, 0.4) is 0 Å². The smallest absolute Gasteiger partial charge is 0.297 e. The molecule has 0 fully saturated rings. The number of hydrogen-bond donors (Lipinski definition) is 0. The maximum Gasteiger partial charge on any atom is 0.297 e. The Labute approximate surface area is 406 Å². The Balaban J connectivity index is 1.26. The molecule has 0 amide bonds. The zero-order valence-electron chi connectivity index (χ0n) is 42.7. The Kier molecular flexibility index (Phi) is 9.84. The molecule has 3 nitrogen and oxygen atoms in total. The topological polar surface area (TPSA) is 19.6 Å². The fraction of sp³-hybridized carbons (Fsp3) is 0.312. The fourth-order valence-electron chi connectivity index (χ4n) is 11.8. The van der Waals surface area contributed by atoms with Crippen LogP contribution in [0, 0.1) is 6.92 Å². The van der Waals surface area contributed by atoms with Gasteiger partial charge in [0.25, 0.3) is 6.71 Å². The maximum atomic E-state index is 7.58. The SMILES string of the molecule is Cc1cc2c3c(c1)N(c1ccc(C(C)(C)C)cc1)c1c(oc4cc5c(cc14)C(C)(C)CCC5(C)C)B3c1ccc(C(C)(C)c3ccccc3)cc1N2c1ccc(C(C)(C)C)cc1-c1ccccc1. The van der Waals surface area contributed by atoms with Crippen LogP contribution in [0.25, 0.3) is 22.1 Å². The van der Waals surface area contributed by atoms with E-state index in [4.69, 9.17) is 4.42 Å². The molecule has 4 heteroatoms. The number of fused-ring (bicyclic) bond motifs is 7. The molecule has 7 aromatic carbocycles. The van der Waals surface area contributed by atoms with Crippen molar-refractivity contribution in [3.63, 3.8) is 0 Å². The van der Waals surface area contributed by atoms with Crippen molar-refractivity contribution in [1.82, 2.24) is 0 Å². The van der Waals surface area contributed by atoms with E-state index in [0.717, 1.165) is 35.5 Å². The highest BCUT2D eigenvalue weighted by Crippen LogP contribution is 2.53. The van der Waals surface area contributed by atoms with E-state index in [1.165, 1.54) is 89.1 Å². The van der Waals surface area contributed by atoms with Crippen LogP contribution in [-0.4, -0.2) is 6.71 Å². The molecular formula is C64H67BN2O. The molecule has 3 aliphatic rings. The Morgan fingerprint density at radius 1 is 0.515 bits per heavy atom. The summed E-state index contributed by atoms with van der Waals surface area (Å²) in [5.74, 6) is 0. The minimum Gasteiger partial charge on any atom is -0.468 e. The van der Waals surface area contributed by atoms with Crippen molar-refractivity contribution in [2.75, 3.05) is 9.80 Å². The van der Waals surface area contributed by atoms with Crippen LogP contribution >= 0.6 is 0 Å². The van der Waals surface area contributed by atoms with E-state index in [9.17, 15) is 0 Å². The predicted octanol–water partition coefficient (Wildman–Crippen LogP) is 15.8. The summed E-state index contributed by atoms with van der Waals surface area (Å²) in [6.45, 7) is 30.4. The number of furan rings is 1. The average molecular weight is 891 g/mol. The molecule has 11 rings (SSSR count). The second-order valence-electron chi connectivity index (χ2n) is 24.2. The molecule has 3 heterocycles. The number of rotatable bonds is 5. The standard InChI is InChI=1S/C64H67BN2O/c1-40-34-54-57-55(35-40)67(52-31-27-44(61(5,6)7)36-47(52)41-20-16-14-17-21-41)53-37-45(64(12,13)43-22-18-15-19-23-43)26-30-51(53)65(57)59-58(66(54)46-28-24-42(25-29-46)60(2,3)4)48-38-49-50(39-56(48)68-59)63(10,11)33-32-62(49,8)9/h14-31,34-39H,32-33H2,1-13H3. The molecule has 8 aromatic rings. The Morgan fingerprint density at radius 2 is 1.09 bits per heavy atom. The first-order valence-electron chi connectivity index (χ1n) is 25.0. The van der Waals surface area contributed by atoms with E-state index in [1.54, 1.807) is 0 Å². The van der Waals surface area contributed by atoms with Crippen LogP contribution in [0.1, 0.15) is 135 Å². The number of benzene rings is 7. The van der Waals surface area contributed by atoms with Gasteiger partial charge in [0.2, 0.25) is 0 Å². The van der Waals surface area contributed by atoms with Crippen molar-refractivity contribution >= 4 is 68.4 Å². The first-order valence-corrected chi connectivity index (χ1v) is 25.0. The first kappa shape index (κ1) is 44.3. The van der Waals surface area contributed by atoms with Gasteiger partial charge in [0.05, 0.1) is 17.0 Å². The summed E-state index contributed by atoms with van der Waals surface area (Å²) in [4.78, 5) is 5.16. The van der Waals surface area contributed by atoms with Crippen LogP contribution in [0.5, 0.6) is 0 Å². The first-order chi connectivity index (χ1) is 32.1. The van der Waals surface area contributed by atoms with Crippen molar-refractivity contribution in [3.8, 4) is 11.1 Å². The van der Waals surface area contributed by atoms with Crippen LogP contribution < -0.4 is 26.4 Å². The van der Waals surface area contributed by atoms with Gasteiger partial charge in [-0.1, -0.05) is 174 Å². The van der Waals surface area contributed by atoms with Gasteiger partial charge in [0.1, 0.15) is 5.58 Å². The highest BCUT2D eigenvalue weighted by Gasteiger charge is 2.48. The second kappa shape index (κ2) is 15.1. The molecule has 1 aromatic heterocycles. The predicted molar refractivity (Wildman–Crippen MR) is 292 cm³/mol. The Bertz CT molecular complexity index is 3280. The van der Waals surface area contributed by atoms with Crippen LogP contribution in [0.15, 0.2) is 150 Å². The highest BCUT2D eigenvalue weighted by atomic mass is 16.3. The molecule has 68 heavy (non-hydrogen) atoms. The molecule has 0 spiro atoms. The Hall–Kier alpha value is -6.26. The summed E-state index contributed by atoms with van der Waals surface area (Å²) in [5, 5.41) is 1.19. The molecule has 0 saturated carbocycles. The van der Waals surface area contributed by atoms with E-state index in [2.05, 4.69) is 245 Å². The third kappa shape index (κ3) is 6.91. The van der Waals surface area contributed by atoms with Crippen LogP contribution in [0.2, 0.25) is 0 Å². The lowest BCUT2D eigenvalue weighted by atomic mass is 9.35. The quantitative estimate of drug-likeness (QED) is 0.161. The van der Waals surface area contributed by atoms with Crippen molar-refractivity contribution < 1.29 is 4.42 Å². The van der Waals surface area contributed by atoms with Crippen molar-refractivity contribution in [2.45, 2.75) is 130 Å². The normalized spacial score (nSPS) is 16.0. The summed E-state index contributed by atoms with van der Waals surface area (Å²) in [6.07, 6.45) is 2.30. The van der Waals surface area contributed by atoms with Crippen molar-refractivity contribution in [1.29, 1.82) is 0 Å². The summed E-state index contributed by atoms with van der Waals surface area (Å²) in [5.41, 5.74) is 23.1. The molecule has 0 atom stereocenters. The molecule has 1 aliphatic carbocycles. The van der Waals surface area contributed by atoms with Crippen molar-refractivity contribution in [2.24, 2.45) is 0 Å². The van der Waals surface area contributed by atoms with Gasteiger partial charge in [-0.3, -0.25) is 0 Å². The van der Waals surface area contributed by atoms with E-state index in [1.807, 2.05) is 0 Å². The van der Waals surface area contributed by atoms with Gasteiger partial charge in [0, 0.05) is 39.1 Å². The zero-order valence-corrected chi connectivity index (χ0v) is 42.7. The minimum absolute atomic E-state index is 0.0239. The van der Waals surface area contributed by atoms with Gasteiger partial charge >= 0.3 is 0 Å². The van der Waals surface area contributed by atoms with E-state index >= 15 is 0 Å². The monoisotopic (exact) mass is 891 g/mol. The number of aryl methyl sites for hydroxylation is 1. The van der Waals surface area contributed by atoms with Gasteiger partial charge < -0.3 is 14.2 Å². The maximum absolute atomic E-state index is 7.58. The molecule has 0 N–H and O–H groups in total. The average Bonchev–Trinajstić information content (AvgIpc) is 3.68. The third-order valence-corrected chi connectivity index (χ3v) is 16.2. The number of hydrogen-bond acceptors (Lipinski definition) is 3. The number of nitrogens with zero attached hydrogens (tertiary/aromatic N) is 2. The zero-order chi connectivity index (χ0) is 47.9. The summed E-state index contributed by atoms with van der Waals surface area (Å²) in [7, 11) is 0. The fourth-order valence-corrected chi connectivity index (χ4v) is 11.8. The molecule has 342 valence electrons. The van der Waals surface area contributed by atoms with Gasteiger partial charge in [-0.05, 0) is 151 Å². The van der Waals surface area contributed by atoms with E-state index in [-0.39, 0.29) is 33.8 Å². The highest BCUT2D eigenvalue weighted by molar-refractivity contribution is 7.00. The van der Waals surface area contributed by atoms with Gasteiger partial charge in [-0.25, -0.2) is 0 Å². The molecule has 0 saturated heterocycles. The number of anilines is 6. The summed E-state index contributed by atoms with van der Waals surface area (Å²) < 4.78 is 7.58. The summed E-state index contributed by atoms with van der Waals surface area (Å²) in [6, 6.07) is 55.7. The molecule has 0 unspecified atom stereocenters. The lowest BCUT2D eigenvalue weighted by Gasteiger charge is -2.44. The third-order valence-electron chi connectivity index (χ3n) is 16.2. The van der Waals surface area contributed by atoms with E-state index in [0.29, 0.717) is 0 Å². The Morgan fingerprint density at radius 3 is 1.72 bits per heavy atom. The molecule has 0 bridgehead atoms.